The minimum absolute atomic E-state index is 0.510. The molecule has 2 unspecified atom stereocenters. The van der Waals surface area contributed by atoms with Crippen LogP contribution in [0.25, 0.3) is 0 Å². The number of rotatable bonds is 4. The molecule has 1 nitrogen and oxygen atoms in total. The third-order valence-corrected chi connectivity index (χ3v) is 4.12. The molecule has 0 amide bonds. The molecule has 0 saturated heterocycles. The lowest BCUT2D eigenvalue weighted by molar-refractivity contribution is 0.417. The molecule has 0 fully saturated rings. The van der Waals surface area contributed by atoms with E-state index in [1.165, 1.54) is 24.1 Å². The summed E-state index contributed by atoms with van der Waals surface area (Å²) in [5, 5.41) is 5.78. The van der Waals surface area contributed by atoms with E-state index >= 15 is 0 Å². The minimum atomic E-state index is 0.510. The van der Waals surface area contributed by atoms with Crippen molar-refractivity contribution < 1.29 is 0 Å². The Bertz CT molecular complexity index is 302. The van der Waals surface area contributed by atoms with E-state index < -0.39 is 0 Å². The molecule has 2 heteroatoms. The summed E-state index contributed by atoms with van der Waals surface area (Å²) in [6.45, 7) is 3.41. The fraction of sp³-hybridized carbons (Fsp3) is 0.538. The van der Waals surface area contributed by atoms with E-state index in [1.54, 1.807) is 0 Å². The summed E-state index contributed by atoms with van der Waals surface area (Å²) in [5.41, 5.74) is 0. The van der Waals surface area contributed by atoms with E-state index in [-0.39, 0.29) is 0 Å². The van der Waals surface area contributed by atoms with Crippen molar-refractivity contribution in [1.82, 2.24) is 5.32 Å². The van der Waals surface area contributed by atoms with Gasteiger partial charge in [-0.15, -0.1) is 11.3 Å². The number of thiophene rings is 1. The molecule has 1 aromatic rings. The number of allylic oxidation sites excluding steroid dienone is 2. The van der Waals surface area contributed by atoms with Gasteiger partial charge in [-0.3, -0.25) is 0 Å². The molecule has 0 aliphatic heterocycles. The normalized spacial score (nSPS) is 22.9. The van der Waals surface area contributed by atoms with Crippen molar-refractivity contribution in [2.45, 2.75) is 32.2 Å². The molecule has 0 aromatic carbocycles. The summed E-state index contributed by atoms with van der Waals surface area (Å²) in [6.07, 6.45) is 8.50. The molecule has 2 rings (SSSR count). The largest absolute Gasteiger partial charge is 0.309 e. The minimum Gasteiger partial charge on any atom is -0.309 e. The van der Waals surface area contributed by atoms with Gasteiger partial charge in [0.2, 0.25) is 0 Å². The zero-order valence-electron chi connectivity index (χ0n) is 9.28. The predicted molar refractivity (Wildman–Crippen MR) is 67.2 cm³/mol. The molecular weight excluding hydrogens is 202 g/mol. The maximum Gasteiger partial charge on any atom is 0.0386 e. The smallest absolute Gasteiger partial charge is 0.0386 e. The summed E-state index contributed by atoms with van der Waals surface area (Å²) >= 11 is 1.84. The van der Waals surface area contributed by atoms with Crippen LogP contribution in [0.4, 0.5) is 0 Å². The van der Waals surface area contributed by atoms with E-state index in [2.05, 4.69) is 41.9 Å². The SMILES string of the molecule is CC(NCC1CC=CCC1)c1cccs1. The van der Waals surface area contributed by atoms with Gasteiger partial charge in [0.05, 0.1) is 0 Å². The zero-order chi connectivity index (χ0) is 10.5. The lowest BCUT2D eigenvalue weighted by atomic mass is 9.94. The molecule has 2 atom stereocenters. The summed E-state index contributed by atoms with van der Waals surface area (Å²) in [5.74, 6) is 0.845. The zero-order valence-corrected chi connectivity index (χ0v) is 10.1. The Hall–Kier alpha value is -0.600. The monoisotopic (exact) mass is 221 g/mol. The fourth-order valence-corrected chi connectivity index (χ4v) is 2.78. The average molecular weight is 221 g/mol. The Labute approximate surface area is 96.2 Å². The second-order valence-electron chi connectivity index (χ2n) is 4.30. The first-order valence-corrected chi connectivity index (χ1v) is 6.66. The maximum atomic E-state index is 3.63. The van der Waals surface area contributed by atoms with Gasteiger partial charge in [-0.25, -0.2) is 0 Å². The van der Waals surface area contributed by atoms with Gasteiger partial charge in [0.1, 0.15) is 0 Å². The van der Waals surface area contributed by atoms with Crippen LogP contribution < -0.4 is 5.32 Å². The predicted octanol–water partition coefficient (Wildman–Crippen LogP) is 3.76. The van der Waals surface area contributed by atoms with E-state index in [9.17, 15) is 0 Å². The van der Waals surface area contributed by atoms with Crippen LogP contribution in [0, 0.1) is 5.92 Å². The Morgan fingerprint density at radius 1 is 1.53 bits per heavy atom. The van der Waals surface area contributed by atoms with Crippen molar-refractivity contribution in [1.29, 1.82) is 0 Å². The number of hydrogen-bond donors (Lipinski definition) is 1. The third-order valence-electron chi connectivity index (χ3n) is 3.06. The highest BCUT2D eigenvalue weighted by Crippen LogP contribution is 2.21. The van der Waals surface area contributed by atoms with Gasteiger partial charge in [-0.2, -0.15) is 0 Å². The van der Waals surface area contributed by atoms with E-state index in [4.69, 9.17) is 0 Å². The lowest BCUT2D eigenvalue weighted by Crippen LogP contribution is -2.25. The summed E-state index contributed by atoms with van der Waals surface area (Å²) < 4.78 is 0. The highest BCUT2D eigenvalue weighted by molar-refractivity contribution is 7.10. The molecule has 1 aromatic heterocycles. The first-order chi connectivity index (χ1) is 7.36. The molecule has 0 saturated carbocycles. The van der Waals surface area contributed by atoms with Crippen LogP contribution in [0.1, 0.15) is 37.1 Å². The number of nitrogens with one attached hydrogen (secondary N) is 1. The second-order valence-corrected chi connectivity index (χ2v) is 5.28. The molecular formula is C13H19NS. The third kappa shape index (κ3) is 3.18. The van der Waals surface area contributed by atoms with Gasteiger partial charge in [-0.05, 0) is 50.1 Å². The Morgan fingerprint density at radius 3 is 3.13 bits per heavy atom. The number of hydrogen-bond acceptors (Lipinski definition) is 2. The highest BCUT2D eigenvalue weighted by atomic mass is 32.1. The maximum absolute atomic E-state index is 3.63. The summed E-state index contributed by atoms with van der Waals surface area (Å²) in [7, 11) is 0. The average Bonchev–Trinajstić information content (AvgIpc) is 2.81. The van der Waals surface area contributed by atoms with Crippen LogP contribution in [-0.4, -0.2) is 6.54 Å². The standard InChI is InChI=1S/C13H19NS/c1-11(13-8-5-9-15-13)14-10-12-6-3-2-4-7-12/h2-3,5,8-9,11-12,14H,4,6-7,10H2,1H3. The topological polar surface area (TPSA) is 12.0 Å². The molecule has 15 heavy (non-hydrogen) atoms. The van der Waals surface area contributed by atoms with Gasteiger partial charge in [0, 0.05) is 10.9 Å². The van der Waals surface area contributed by atoms with Gasteiger partial charge < -0.3 is 5.32 Å². The Kier molecular flexibility index (Phi) is 3.98. The van der Waals surface area contributed by atoms with Crippen molar-refractivity contribution in [2.24, 2.45) is 5.92 Å². The molecule has 82 valence electrons. The first kappa shape index (κ1) is 10.9. The van der Waals surface area contributed by atoms with E-state index in [1.807, 2.05) is 11.3 Å². The van der Waals surface area contributed by atoms with Crippen LogP contribution in [0.5, 0.6) is 0 Å². The molecule has 0 bridgehead atoms. The fourth-order valence-electron chi connectivity index (χ4n) is 2.02. The van der Waals surface area contributed by atoms with Crippen LogP contribution in [0.3, 0.4) is 0 Å². The van der Waals surface area contributed by atoms with Crippen LogP contribution in [0.2, 0.25) is 0 Å². The molecule has 0 spiro atoms. The van der Waals surface area contributed by atoms with Crippen LogP contribution >= 0.6 is 11.3 Å². The van der Waals surface area contributed by atoms with Gasteiger partial charge in [-0.1, -0.05) is 18.2 Å². The van der Waals surface area contributed by atoms with Crippen LogP contribution in [-0.2, 0) is 0 Å². The lowest BCUT2D eigenvalue weighted by Gasteiger charge is -2.20. The first-order valence-electron chi connectivity index (χ1n) is 5.78. The van der Waals surface area contributed by atoms with Gasteiger partial charge in [0.25, 0.3) is 0 Å². The Balaban J connectivity index is 1.75. The Morgan fingerprint density at radius 2 is 2.47 bits per heavy atom. The van der Waals surface area contributed by atoms with E-state index in [0.29, 0.717) is 6.04 Å². The van der Waals surface area contributed by atoms with Crippen molar-refractivity contribution in [3.8, 4) is 0 Å². The summed E-state index contributed by atoms with van der Waals surface area (Å²) in [4.78, 5) is 1.45. The summed E-state index contributed by atoms with van der Waals surface area (Å²) in [6, 6.07) is 4.85. The second kappa shape index (κ2) is 5.47. The van der Waals surface area contributed by atoms with Crippen molar-refractivity contribution >= 4 is 11.3 Å². The van der Waals surface area contributed by atoms with Crippen LogP contribution in [0.15, 0.2) is 29.7 Å². The van der Waals surface area contributed by atoms with Gasteiger partial charge in [0.15, 0.2) is 0 Å². The molecule has 1 N–H and O–H groups in total. The molecule has 1 heterocycles. The van der Waals surface area contributed by atoms with E-state index in [0.717, 1.165) is 12.5 Å². The van der Waals surface area contributed by atoms with Gasteiger partial charge >= 0.3 is 0 Å². The molecule has 0 radical (unpaired) electrons. The van der Waals surface area contributed by atoms with Crippen molar-refractivity contribution in [2.75, 3.05) is 6.54 Å². The molecule has 1 aliphatic carbocycles. The van der Waals surface area contributed by atoms with Crippen molar-refractivity contribution in [3.05, 3.63) is 34.5 Å². The quantitative estimate of drug-likeness (QED) is 0.763. The van der Waals surface area contributed by atoms with Crippen molar-refractivity contribution in [3.63, 3.8) is 0 Å². The molecule has 1 aliphatic rings. The highest BCUT2D eigenvalue weighted by Gasteiger charge is 2.12.